The van der Waals surface area contributed by atoms with Gasteiger partial charge in [-0.25, -0.2) is 9.78 Å². The number of aromatic nitrogens is 2. The van der Waals surface area contributed by atoms with Crippen molar-refractivity contribution in [2.45, 2.75) is 26.6 Å². The van der Waals surface area contributed by atoms with Gasteiger partial charge in [0.15, 0.2) is 5.69 Å². The zero-order valence-corrected chi connectivity index (χ0v) is 20.2. The second-order valence-corrected chi connectivity index (χ2v) is 8.36. The minimum atomic E-state index is -4.54. The average Bonchev–Trinajstić information content (AvgIpc) is 3.24. The Kier molecular flexibility index (Phi) is 7.35. The normalized spacial score (nSPS) is 11.4. The SMILES string of the molecule is CCOC(=O)c1cccc(-n2c(C)ccc2-c2cc(C(F)(F)F)ccc2OCc2ccc(Cl)cc2)n1. The Morgan fingerprint density at radius 1 is 1.03 bits per heavy atom. The van der Waals surface area contributed by atoms with Gasteiger partial charge in [-0.2, -0.15) is 13.2 Å². The number of alkyl halides is 3. The lowest BCUT2D eigenvalue weighted by Crippen LogP contribution is -2.11. The Morgan fingerprint density at radius 3 is 2.47 bits per heavy atom. The molecule has 0 fully saturated rings. The van der Waals surface area contributed by atoms with Crippen LogP contribution in [0.15, 0.2) is 72.8 Å². The average molecular weight is 515 g/mol. The van der Waals surface area contributed by atoms with Crippen molar-refractivity contribution in [3.8, 4) is 22.8 Å². The molecule has 0 spiro atoms. The van der Waals surface area contributed by atoms with E-state index < -0.39 is 17.7 Å². The fourth-order valence-corrected chi connectivity index (χ4v) is 3.82. The molecular formula is C27H22ClF3N2O3. The second kappa shape index (κ2) is 10.5. The Bertz CT molecular complexity index is 1380. The number of rotatable bonds is 7. The Hall–Kier alpha value is -3.78. The van der Waals surface area contributed by atoms with E-state index in [-0.39, 0.29) is 30.2 Å². The molecule has 2 heterocycles. The summed E-state index contributed by atoms with van der Waals surface area (Å²) in [4.78, 5) is 16.6. The Balaban J connectivity index is 1.80. The number of hydrogen-bond acceptors (Lipinski definition) is 4. The highest BCUT2D eigenvalue weighted by Crippen LogP contribution is 2.39. The van der Waals surface area contributed by atoms with E-state index in [1.54, 1.807) is 66.9 Å². The van der Waals surface area contributed by atoms with Gasteiger partial charge in [-0.05, 0) is 74.0 Å². The molecule has 0 saturated heterocycles. The topological polar surface area (TPSA) is 53.4 Å². The van der Waals surface area contributed by atoms with Gasteiger partial charge in [0.1, 0.15) is 18.2 Å². The smallest absolute Gasteiger partial charge is 0.416 e. The van der Waals surface area contributed by atoms with E-state index >= 15 is 0 Å². The Labute approximate surface area is 211 Å². The lowest BCUT2D eigenvalue weighted by atomic mass is 10.1. The monoisotopic (exact) mass is 514 g/mol. The van der Waals surface area contributed by atoms with Crippen LogP contribution in [0.3, 0.4) is 0 Å². The molecule has 0 aliphatic carbocycles. The lowest BCUT2D eigenvalue weighted by molar-refractivity contribution is -0.137. The maximum absolute atomic E-state index is 13.6. The lowest BCUT2D eigenvalue weighted by Gasteiger charge is -2.17. The number of carbonyl (C=O) groups excluding carboxylic acids is 1. The molecule has 0 amide bonds. The fourth-order valence-electron chi connectivity index (χ4n) is 3.69. The number of pyridine rings is 1. The predicted octanol–water partition coefficient (Wildman–Crippen LogP) is 7.28. The van der Waals surface area contributed by atoms with E-state index in [1.807, 2.05) is 0 Å². The zero-order valence-electron chi connectivity index (χ0n) is 19.5. The number of benzene rings is 2. The van der Waals surface area contributed by atoms with Crippen LogP contribution in [0.4, 0.5) is 13.2 Å². The molecule has 186 valence electrons. The molecule has 36 heavy (non-hydrogen) atoms. The molecule has 0 aliphatic rings. The van der Waals surface area contributed by atoms with Crippen molar-refractivity contribution in [2.75, 3.05) is 6.61 Å². The van der Waals surface area contributed by atoms with E-state index in [9.17, 15) is 18.0 Å². The first-order valence-corrected chi connectivity index (χ1v) is 11.5. The molecule has 0 N–H and O–H groups in total. The molecule has 0 saturated carbocycles. The van der Waals surface area contributed by atoms with Crippen molar-refractivity contribution in [1.29, 1.82) is 0 Å². The molecule has 9 heteroatoms. The highest BCUT2D eigenvalue weighted by atomic mass is 35.5. The van der Waals surface area contributed by atoms with Gasteiger partial charge in [-0.15, -0.1) is 0 Å². The van der Waals surface area contributed by atoms with Crippen molar-refractivity contribution in [3.63, 3.8) is 0 Å². The van der Waals surface area contributed by atoms with Gasteiger partial charge in [0.2, 0.25) is 0 Å². The second-order valence-electron chi connectivity index (χ2n) is 7.92. The summed E-state index contributed by atoms with van der Waals surface area (Å²) in [6.07, 6.45) is -4.54. The van der Waals surface area contributed by atoms with E-state index in [0.29, 0.717) is 22.2 Å². The molecule has 2 aromatic heterocycles. The van der Waals surface area contributed by atoms with E-state index in [4.69, 9.17) is 21.1 Å². The number of esters is 1. The van der Waals surface area contributed by atoms with Crippen LogP contribution in [0, 0.1) is 6.92 Å². The summed E-state index contributed by atoms with van der Waals surface area (Å²) >= 11 is 5.94. The molecule has 0 radical (unpaired) electrons. The van der Waals surface area contributed by atoms with Crippen LogP contribution >= 0.6 is 11.6 Å². The van der Waals surface area contributed by atoms with Gasteiger partial charge in [-0.3, -0.25) is 4.57 Å². The molecular weight excluding hydrogens is 493 g/mol. The minimum Gasteiger partial charge on any atom is -0.488 e. The summed E-state index contributed by atoms with van der Waals surface area (Å²) in [6, 6.07) is 18.6. The number of hydrogen-bond donors (Lipinski definition) is 0. The number of aryl methyl sites for hydroxylation is 1. The van der Waals surface area contributed by atoms with Crippen LogP contribution in [-0.4, -0.2) is 22.1 Å². The van der Waals surface area contributed by atoms with Gasteiger partial charge in [0, 0.05) is 16.3 Å². The standard InChI is InChI=1S/C27H22ClF3N2O3/c1-3-35-26(34)22-5-4-6-25(32-22)33-17(2)7-13-23(33)21-15-19(27(29,30)31)10-14-24(21)36-16-18-8-11-20(28)12-9-18/h4-15H,3,16H2,1-2H3. The van der Waals surface area contributed by atoms with Gasteiger partial charge in [0.05, 0.1) is 17.9 Å². The van der Waals surface area contributed by atoms with Crippen molar-refractivity contribution in [2.24, 2.45) is 0 Å². The van der Waals surface area contributed by atoms with Gasteiger partial charge >= 0.3 is 12.1 Å². The molecule has 0 bridgehead atoms. The minimum absolute atomic E-state index is 0.0941. The van der Waals surface area contributed by atoms with Gasteiger partial charge < -0.3 is 9.47 Å². The molecule has 4 rings (SSSR count). The number of carbonyl (C=O) groups is 1. The Morgan fingerprint density at radius 2 is 1.78 bits per heavy atom. The van der Waals surface area contributed by atoms with E-state index in [2.05, 4.69) is 4.98 Å². The van der Waals surface area contributed by atoms with Crippen LogP contribution in [-0.2, 0) is 17.5 Å². The summed E-state index contributed by atoms with van der Waals surface area (Å²) in [7, 11) is 0. The summed E-state index contributed by atoms with van der Waals surface area (Å²) in [5.41, 5.74) is 1.46. The third-order valence-corrected chi connectivity index (χ3v) is 5.67. The van der Waals surface area contributed by atoms with Crippen LogP contribution in [0.1, 0.15) is 34.2 Å². The summed E-state index contributed by atoms with van der Waals surface area (Å²) in [5.74, 6) is 0.0368. The number of halogens is 4. The van der Waals surface area contributed by atoms with Crippen LogP contribution < -0.4 is 4.74 Å². The van der Waals surface area contributed by atoms with E-state index in [1.165, 1.54) is 12.1 Å². The maximum atomic E-state index is 13.6. The molecule has 0 unspecified atom stereocenters. The van der Waals surface area contributed by atoms with Gasteiger partial charge in [-0.1, -0.05) is 29.8 Å². The highest BCUT2D eigenvalue weighted by Gasteiger charge is 2.32. The van der Waals surface area contributed by atoms with Crippen molar-refractivity contribution in [3.05, 3.63) is 100 Å². The van der Waals surface area contributed by atoms with Crippen molar-refractivity contribution >= 4 is 17.6 Å². The van der Waals surface area contributed by atoms with Crippen molar-refractivity contribution in [1.82, 2.24) is 9.55 Å². The first kappa shape index (κ1) is 25.3. The summed E-state index contributed by atoms with van der Waals surface area (Å²) < 4.78 is 53.5. The molecule has 0 atom stereocenters. The quantitative estimate of drug-likeness (QED) is 0.243. The molecule has 0 aliphatic heterocycles. The summed E-state index contributed by atoms with van der Waals surface area (Å²) in [5, 5.41) is 0.569. The van der Waals surface area contributed by atoms with Crippen LogP contribution in [0.2, 0.25) is 5.02 Å². The third-order valence-electron chi connectivity index (χ3n) is 5.41. The first-order valence-electron chi connectivity index (χ1n) is 11.1. The van der Waals surface area contributed by atoms with Crippen molar-refractivity contribution < 1.29 is 27.4 Å². The number of ether oxygens (including phenoxy) is 2. The molecule has 5 nitrogen and oxygen atoms in total. The zero-order chi connectivity index (χ0) is 25.9. The highest BCUT2D eigenvalue weighted by molar-refractivity contribution is 6.30. The molecule has 2 aromatic carbocycles. The maximum Gasteiger partial charge on any atom is 0.416 e. The number of nitrogens with zero attached hydrogens (tertiary/aromatic N) is 2. The van der Waals surface area contributed by atoms with Crippen LogP contribution in [0.25, 0.3) is 17.1 Å². The van der Waals surface area contributed by atoms with Crippen LogP contribution in [0.5, 0.6) is 5.75 Å². The fraction of sp³-hybridized carbons (Fsp3) is 0.185. The summed E-state index contributed by atoms with van der Waals surface area (Å²) in [6.45, 7) is 3.81. The molecule has 4 aromatic rings. The third kappa shape index (κ3) is 5.54. The predicted molar refractivity (Wildman–Crippen MR) is 130 cm³/mol. The first-order chi connectivity index (χ1) is 17.2. The van der Waals surface area contributed by atoms with Gasteiger partial charge in [0.25, 0.3) is 0 Å². The largest absolute Gasteiger partial charge is 0.488 e. The van der Waals surface area contributed by atoms with E-state index in [0.717, 1.165) is 17.7 Å².